The molecule has 0 N–H and O–H groups in total. The molecule has 0 saturated heterocycles. The lowest BCUT2D eigenvalue weighted by atomic mass is 9.84. The minimum atomic E-state index is -1.91. The van der Waals surface area contributed by atoms with Crippen LogP contribution in [0.1, 0.15) is 108 Å². The number of aromatic nitrogens is 3. The fourth-order valence-electron chi connectivity index (χ4n) is 5.66. The van der Waals surface area contributed by atoms with E-state index in [1.807, 2.05) is 29.1 Å². The van der Waals surface area contributed by atoms with E-state index in [4.69, 9.17) is 9.16 Å². The molecule has 0 saturated carbocycles. The molecule has 0 fully saturated rings. The third kappa shape index (κ3) is 6.92. The van der Waals surface area contributed by atoms with E-state index in [-0.39, 0.29) is 10.6 Å². The van der Waals surface area contributed by atoms with Gasteiger partial charge in [0.1, 0.15) is 28.1 Å². The molecular formula is C34H53N3O2Si. The second-order valence-corrected chi connectivity index (χ2v) is 18.7. The van der Waals surface area contributed by atoms with Crippen LogP contribution in [0.4, 0.5) is 0 Å². The molecule has 0 radical (unpaired) electrons. The Kier molecular flexibility index (Phi) is 9.38. The number of aryl methyl sites for hydroxylation is 1. The molecule has 1 aromatic heterocycles. The van der Waals surface area contributed by atoms with Gasteiger partial charge in [0, 0.05) is 5.56 Å². The summed E-state index contributed by atoms with van der Waals surface area (Å²) in [4.78, 5) is 1.86. The smallest absolute Gasteiger partial charge is 0.250 e. The molecule has 0 bridgehead atoms. The van der Waals surface area contributed by atoms with Crippen LogP contribution in [-0.4, -0.2) is 28.9 Å². The summed E-state index contributed by atoms with van der Waals surface area (Å²) < 4.78 is 13.7. The summed E-state index contributed by atoms with van der Waals surface area (Å²) >= 11 is 0. The second-order valence-electron chi connectivity index (χ2n) is 13.9. The molecule has 1 atom stereocenters. The van der Waals surface area contributed by atoms with Gasteiger partial charge in [-0.15, -0.1) is 0 Å². The summed E-state index contributed by atoms with van der Waals surface area (Å²) in [5.41, 5.74) is 7.08. The van der Waals surface area contributed by atoms with Crippen molar-refractivity contribution in [1.82, 2.24) is 15.0 Å². The highest BCUT2D eigenvalue weighted by atomic mass is 28.4. The summed E-state index contributed by atoms with van der Waals surface area (Å²) in [5, 5.41) is 9.31. The van der Waals surface area contributed by atoms with E-state index in [0.29, 0.717) is 0 Å². The molecule has 0 amide bonds. The molecule has 2 heterocycles. The van der Waals surface area contributed by atoms with Crippen molar-refractivity contribution < 1.29 is 9.16 Å². The van der Waals surface area contributed by atoms with Gasteiger partial charge in [0.15, 0.2) is 0 Å². The van der Waals surface area contributed by atoms with E-state index in [1.54, 1.807) is 0 Å². The number of fused-ring (bicyclic) bond motifs is 2. The number of rotatable bonds is 12. The molecule has 6 heteroatoms. The zero-order chi connectivity index (χ0) is 29.1. The number of nitrogens with zero attached hydrogens (tertiary/aromatic N) is 3. The van der Waals surface area contributed by atoms with Gasteiger partial charge in [-0.1, -0.05) is 65.0 Å². The fraction of sp³-hybridized carbons (Fsp3) is 0.647. The molecule has 40 heavy (non-hydrogen) atoms. The Hall–Kier alpha value is -2.34. The van der Waals surface area contributed by atoms with Crippen molar-refractivity contribution in [1.29, 1.82) is 0 Å². The number of hydrogen-bond donors (Lipinski definition) is 0. The second kappa shape index (κ2) is 12.3. The first-order valence-electron chi connectivity index (χ1n) is 15.6. The highest BCUT2D eigenvalue weighted by molar-refractivity contribution is 6.74. The van der Waals surface area contributed by atoms with Gasteiger partial charge in [0.05, 0.1) is 6.54 Å². The quantitative estimate of drug-likeness (QED) is 0.163. The Bertz CT molecular complexity index is 1270. The molecule has 220 valence electrons. The number of unbranched alkanes of at least 4 members (excludes halogenated alkanes) is 6. The van der Waals surface area contributed by atoms with Crippen LogP contribution in [0.3, 0.4) is 0 Å². The van der Waals surface area contributed by atoms with E-state index in [9.17, 15) is 0 Å². The molecule has 5 nitrogen and oxygen atoms in total. The summed E-state index contributed by atoms with van der Waals surface area (Å²) in [5.74, 6) is 2.25. The van der Waals surface area contributed by atoms with Gasteiger partial charge in [0.2, 0.25) is 0 Å². The molecular weight excluding hydrogens is 510 g/mol. The summed E-state index contributed by atoms with van der Waals surface area (Å²) in [6.07, 6.45) is 12.1. The maximum Gasteiger partial charge on any atom is 0.250 e. The summed E-state index contributed by atoms with van der Waals surface area (Å²) in [6.45, 7) is 21.5. The summed E-state index contributed by atoms with van der Waals surface area (Å²) in [7, 11) is -1.91. The first-order chi connectivity index (χ1) is 18.8. The third-order valence-corrected chi connectivity index (χ3v) is 13.9. The first kappa shape index (κ1) is 30.6. The van der Waals surface area contributed by atoms with E-state index in [1.165, 1.54) is 60.8 Å². The minimum Gasteiger partial charge on any atom is -0.543 e. The SMILES string of the molecule is Cc1c(C)c2c(c(C)c1O[Si](C)(C)C(C)(C)C)CC[C@@](C)(CCCCCCCCCn1nc3ccccc3n1)O2. The lowest BCUT2D eigenvalue weighted by molar-refractivity contribution is 0.0522. The number of hydrogen-bond acceptors (Lipinski definition) is 4. The molecule has 1 aliphatic heterocycles. The van der Waals surface area contributed by atoms with Crippen molar-refractivity contribution in [3.8, 4) is 11.5 Å². The summed E-state index contributed by atoms with van der Waals surface area (Å²) in [6, 6.07) is 8.10. The first-order valence-corrected chi connectivity index (χ1v) is 18.5. The van der Waals surface area contributed by atoms with Crippen molar-refractivity contribution in [3.05, 3.63) is 46.5 Å². The predicted octanol–water partition coefficient (Wildman–Crippen LogP) is 9.65. The molecule has 2 aromatic carbocycles. The van der Waals surface area contributed by atoms with Gasteiger partial charge in [-0.3, -0.25) is 0 Å². The van der Waals surface area contributed by atoms with E-state index in [0.717, 1.165) is 54.8 Å². The lowest BCUT2D eigenvalue weighted by Crippen LogP contribution is -2.44. The minimum absolute atomic E-state index is 0.0707. The third-order valence-electron chi connectivity index (χ3n) is 9.62. The maximum absolute atomic E-state index is 6.86. The van der Waals surface area contributed by atoms with Gasteiger partial charge in [-0.05, 0) is 107 Å². The Morgan fingerprint density at radius 3 is 2.05 bits per heavy atom. The number of benzene rings is 2. The van der Waals surface area contributed by atoms with E-state index < -0.39 is 8.32 Å². The normalized spacial score (nSPS) is 17.6. The molecule has 0 aliphatic carbocycles. The Labute approximate surface area is 244 Å². The zero-order valence-corrected chi connectivity index (χ0v) is 27.7. The van der Waals surface area contributed by atoms with Crippen LogP contribution < -0.4 is 9.16 Å². The van der Waals surface area contributed by atoms with Crippen molar-refractivity contribution in [2.45, 2.75) is 143 Å². The molecule has 3 aromatic rings. The van der Waals surface area contributed by atoms with Crippen LogP contribution in [0.2, 0.25) is 18.1 Å². The van der Waals surface area contributed by atoms with Crippen molar-refractivity contribution in [2.75, 3.05) is 0 Å². The Balaban J connectivity index is 1.21. The largest absolute Gasteiger partial charge is 0.543 e. The van der Waals surface area contributed by atoms with Crippen molar-refractivity contribution in [3.63, 3.8) is 0 Å². The van der Waals surface area contributed by atoms with Crippen molar-refractivity contribution in [2.24, 2.45) is 0 Å². The highest BCUT2D eigenvalue weighted by Gasteiger charge is 2.41. The average molecular weight is 564 g/mol. The topological polar surface area (TPSA) is 49.2 Å². The molecule has 1 aliphatic rings. The van der Waals surface area contributed by atoms with Crippen LogP contribution in [-0.2, 0) is 13.0 Å². The molecule has 0 unspecified atom stereocenters. The van der Waals surface area contributed by atoms with Crippen LogP contribution in [0, 0.1) is 20.8 Å². The highest BCUT2D eigenvalue weighted by Crippen LogP contribution is 2.47. The van der Waals surface area contributed by atoms with E-state index >= 15 is 0 Å². The van der Waals surface area contributed by atoms with Gasteiger partial charge < -0.3 is 9.16 Å². The van der Waals surface area contributed by atoms with Crippen LogP contribution in [0.15, 0.2) is 24.3 Å². The van der Waals surface area contributed by atoms with Gasteiger partial charge in [-0.2, -0.15) is 15.0 Å². The molecule has 4 rings (SSSR count). The number of ether oxygens (including phenoxy) is 1. The van der Waals surface area contributed by atoms with Crippen molar-refractivity contribution >= 4 is 19.4 Å². The van der Waals surface area contributed by atoms with Crippen LogP contribution in [0.25, 0.3) is 11.0 Å². The zero-order valence-electron chi connectivity index (χ0n) is 26.7. The van der Waals surface area contributed by atoms with Crippen LogP contribution >= 0.6 is 0 Å². The predicted molar refractivity (Wildman–Crippen MR) is 170 cm³/mol. The monoisotopic (exact) mass is 563 g/mol. The Morgan fingerprint density at radius 1 is 0.875 bits per heavy atom. The van der Waals surface area contributed by atoms with Gasteiger partial charge in [-0.25, -0.2) is 0 Å². The fourth-order valence-corrected chi connectivity index (χ4v) is 6.78. The van der Waals surface area contributed by atoms with E-state index in [2.05, 4.69) is 71.8 Å². The standard InChI is InChI=1S/C34H53N3O2Si/c1-25-26(2)32-28(27(3)31(25)39-40(8,9)33(4,5)6)21-23-34(7,38-32)22-17-13-11-10-12-14-18-24-37-35-29-19-15-16-20-30(29)36-37/h15-16,19-20H,10-14,17-18,21-24H2,1-9H3/t34-/m1/s1. The maximum atomic E-state index is 6.86. The van der Waals surface area contributed by atoms with Gasteiger partial charge >= 0.3 is 0 Å². The molecule has 0 spiro atoms. The van der Waals surface area contributed by atoms with Crippen LogP contribution in [0.5, 0.6) is 11.5 Å². The average Bonchev–Trinajstić information content (AvgIpc) is 3.31. The lowest BCUT2D eigenvalue weighted by Gasteiger charge is -2.41. The van der Waals surface area contributed by atoms with Gasteiger partial charge in [0.25, 0.3) is 8.32 Å². The Morgan fingerprint density at radius 2 is 1.45 bits per heavy atom.